The number of rotatable bonds is 8. The van der Waals surface area contributed by atoms with Crippen LogP contribution < -0.4 is 11.1 Å². The second kappa shape index (κ2) is 5.51. The van der Waals surface area contributed by atoms with Crippen molar-refractivity contribution in [3.63, 3.8) is 0 Å². The second-order valence-electron chi connectivity index (χ2n) is 6.10. The summed E-state index contributed by atoms with van der Waals surface area (Å²) >= 11 is 0. The van der Waals surface area contributed by atoms with E-state index >= 15 is 0 Å². The fourth-order valence-corrected chi connectivity index (χ4v) is 2.56. The summed E-state index contributed by atoms with van der Waals surface area (Å²) in [7, 11) is 0. The zero-order chi connectivity index (χ0) is 13.1. The van der Waals surface area contributed by atoms with Crippen LogP contribution in [0.25, 0.3) is 0 Å². The van der Waals surface area contributed by atoms with Crippen LogP contribution in [0.3, 0.4) is 0 Å². The van der Waals surface area contributed by atoms with Gasteiger partial charge in [0.1, 0.15) is 0 Å². The van der Waals surface area contributed by atoms with Crippen LogP contribution in [0.1, 0.15) is 31.2 Å². The van der Waals surface area contributed by atoms with Crippen molar-refractivity contribution in [3.8, 4) is 0 Å². The van der Waals surface area contributed by atoms with Gasteiger partial charge >= 0.3 is 0 Å². The average Bonchev–Trinajstić information content (AvgIpc) is 3.30. The van der Waals surface area contributed by atoms with Gasteiger partial charge in [-0.3, -0.25) is 0 Å². The normalized spacial score (nSPS) is 20.4. The summed E-state index contributed by atoms with van der Waals surface area (Å²) < 4.78 is 5.64. The molecule has 0 bridgehead atoms. The van der Waals surface area contributed by atoms with Crippen LogP contribution in [0.15, 0.2) is 24.3 Å². The van der Waals surface area contributed by atoms with Gasteiger partial charge in [-0.05, 0) is 49.3 Å². The SMILES string of the molecule is Nc1ccc(C2(CNCCOCC3CC3)CC2)cc1. The minimum atomic E-state index is 0.365. The van der Waals surface area contributed by atoms with Crippen LogP contribution in [0.2, 0.25) is 0 Å². The Bertz CT molecular complexity index is 407. The van der Waals surface area contributed by atoms with E-state index in [2.05, 4.69) is 17.4 Å². The summed E-state index contributed by atoms with van der Waals surface area (Å²) in [6.07, 6.45) is 5.31. The van der Waals surface area contributed by atoms with E-state index in [1.807, 2.05) is 12.1 Å². The van der Waals surface area contributed by atoms with Crippen LogP contribution in [0.5, 0.6) is 0 Å². The molecule has 0 aromatic heterocycles. The number of nitrogen functional groups attached to an aromatic ring is 1. The van der Waals surface area contributed by atoms with E-state index in [9.17, 15) is 0 Å². The summed E-state index contributed by atoms with van der Waals surface area (Å²) in [5.74, 6) is 0.865. The molecular formula is C16H24N2O. The van der Waals surface area contributed by atoms with Gasteiger partial charge in [0.15, 0.2) is 0 Å². The van der Waals surface area contributed by atoms with Crippen molar-refractivity contribution < 1.29 is 4.74 Å². The third-order valence-electron chi connectivity index (χ3n) is 4.31. The molecular weight excluding hydrogens is 236 g/mol. The summed E-state index contributed by atoms with van der Waals surface area (Å²) in [4.78, 5) is 0. The van der Waals surface area contributed by atoms with E-state index in [0.717, 1.165) is 37.9 Å². The fourth-order valence-electron chi connectivity index (χ4n) is 2.56. The van der Waals surface area contributed by atoms with E-state index in [0.29, 0.717) is 5.41 Å². The number of benzene rings is 1. The van der Waals surface area contributed by atoms with Gasteiger partial charge in [-0.1, -0.05) is 12.1 Å². The number of anilines is 1. The highest BCUT2D eigenvalue weighted by Crippen LogP contribution is 2.47. The molecule has 0 saturated heterocycles. The van der Waals surface area contributed by atoms with Crippen LogP contribution >= 0.6 is 0 Å². The molecule has 104 valence electrons. The summed E-state index contributed by atoms with van der Waals surface area (Å²) in [6, 6.07) is 8.36. The highest BCUT2D eigenvalue weighted by Gasteiger charge is 2.43. The minimum Gasteiger partial charge on any atom is -0.399 e. The highest BCUT2D eigenvalue weighted by molar-refractivity contribution is 5.43. The highest BCUT2D eigenvalue weighted by atomic mass is 16.5. The van der Waals surface area contributed by atoms with Crippen molar-refractivity contribution >= 4 is 5.69 Å². The third-order valence-corrected chi connectivity index (χ3v) is 4.31. The first kappa shape index (κ1) is 12.9. The smallest absolute Gasteiger partial charge is 0.0591 e. The maximum Gasteiger partial charge on any atom is 0.0591 e. The average molecular weight is 260 g/mol. The molecule has 0 unspecified atom stereocenters. The third kappa shape index (κ3) is 3.48. The number of ether oxygens (including phenoxy) is 1. The molecule has 2 aliphatic carbocycles. The molecule has 3 nitrogen and oxygen atoms in total. The summed E-state index contributed by atoms with van der Waals surface area (Å²) in [5, 5.41) is 3.54. The molecule has 2 aliphatic rings. The molecule has 2 fully saturated rings. The Morgan fingerprint density at radius 1 is 1.21 bits per heavy atom. The van der Waals surface area contributed by atoms with Crippen LogP contribution in [-0.4, -0.2) is 26.3 Å². The quantitative estimate of drug-likeness (QED) is 0.557. The molecule has 3 heteroatoms. The molecule has 3 rings (SSSR count). The zero-order valence-electron chi connectivity index (χ0n) is 11.5. The van der Waals surface area contributed by atoms with Crippen LogP contribution in [-0.2, 0) is 10.2 Å². The second-order valence-corrected chi connectivity index (χ2v) is 6.10. The minimum absolute atomic E-state index is 0.365. The first-order chi connectivity index (χ1) is 9.28. The molecule has 2 saturated carbocycles. The Balaban J connectivity index is 1.37. The van der Waals surface area contributed by atoms with E-state index in [4.69, 9.17) is 10.5 Å². The summed E-state index contributed by atoms with van der Waals surface area (Å²) in [5.41, 5.74) is 8.38. The molecule has 0 radical (unpaired) electrons. The van der Waals surface area contributed by atoms with Crippen LogP contribution in [0.4, 0.5) is 5.69 Å². The Morgan fingerprint density at radius 3 is 2.58 bits per heavy atom. The van der Waals surface area contributed by atoms with Crippen LogP contribution in [0, 0.1) is 5.92 Å². The van der Waals surface area contributed by atoms with E-state index < -0.39 is 0 Å². The van der Waals surface area contributed by atoms with Gasteiger partial charge in [0, 0.05) is 30.8 Å². The monoisotopic (exact) mass is 260 g/mol. The lowest BCUT2D eigenvalue weighted by atomic mass is 9.96. The lowest BCUT2D eigenvalue weighted by molar-refractivity contribution is 0.126. The molecule has 0 heterocycles. The topological polar surface area (TPSA) is 47.3 Å². The Morgan fingerprint density at radius 2 is 1.95 bits per heavy atom. The predicted octanol–water partition coefficient (Wildman–Crippen LogP) is 2.32. The van der Waals surface area contributed by atoms with Crippen molar-refractivity contribution in [2.45, 2.75) is 31.1 Å². The number of nitrogens with two attached hydrogens (primary N) is 1. The Labute approximate surface area is 115 Å². The van der Waals surface area contributed by atoms with Crippen molar-refractivity contribution in [1.82, 2.24) is 5.32 Å². The van der Waals surface area contributed by atoms with Gasteiger partial charge in [0.25, 0.3) is 0 Å². The van der Waals surface area contributed by atoms with Crippen molar-refractivity contribution in [1.29, 1.82) is 0 Å². The number of hydrogen-bond donors (Lipinski definition) is 2. The molecule has 1 aromatic carbocycles. The molecule has 1 aromatic rings. The Hall–Kier alpha value is -1.06. The lowest BCUT2D eigenvalue weighted by Crippen LogP contribution is -2.29. The standard InChI is InChI=1S/C16H24N2O/c17-15-5-3-14(4-6-15)16(7-8-16)12-18-9-10-19-11-13-1-2-13/h3-6,13,18H,1-2,7-12,17H2. The van der Waals surface area contributed by atoms with Gasteiger partial charge in [-0.15, -0.1) is 0 Å². The van der Waals surface area contributed by atoms with Gasteiger partial charge in [-0.25, -0.2) is 0 Å². The van der Waals surface area contributed by atoms with E-state index in [-0.39, 0.29) is 0 Å². The molecule has 0 amide bonds. The maximum absolute atomic E-state index is 5.74. The molecule has 19 heavy (non-hydrogen) atoms. The van der Waals surface area contributed by atoms with Crippen molar-refractivity contribution in [2.75, 3.05) is 32.0 Å². The van der Waals surface area contributed by atoms with Crippen molar-refractivity contribution in [2.24, 2.45) is 5.92 Å². The predicted molar refractivity (Wildman–Crippen MR) is 78.2 cm³/mol. The lowest BCUT2D eigenvalue weighted by Gasteiger charge is -2.17. The fraction of sp³-hybridized carbons (Fsp3) is 0.625. The van der Waals surface area contributed by atoms with Gasteiger partial charge in [-0.2, -0.15) is 0 Å². The Kier molecular flexibility index (Phi) is 3.76. The van der Waals surface area contributed by atoms with Crippen molar-refractivity contribution in [3.05, 3.63) is 29.8 Å². The first-order valence-electron chi connectivity index (χ1n) is 7.43. The molecule has 0 spiro atoms. The van der Waals surface area contributed by atoms with Gasteiger partial charge in [0.05, 0.1) is 6.61 Å². The molecule has 0 aliphatic heterocycles. The van der Waals surface area contributed by atoms with Gasteiger partial charge in [0.2, 0.25) is 0 Å². The molecule has 0 atom stereocenters. The van der Waals surface area contributed by atoms with E-state index in [1.165, 1.54) is 31.2 Å². The van der Waals surface area contributed by atoms with Gasteiger partial charge < -0.3 is 15.8 Å². The zero-order valence-corrected chi connectivity index (χ0v) is 11.5. The number of nitrogens with one attached hydrogen (secondary N) is 1. The molecule has 3 N–H and O–H groups in total. The summed E-state index contributed by atoms with van der Waals surface area (Å²) in [6.45, 7) is 3.83. The first-order valence-corrected chi connectivity index (χ1v) is 7.43. The number of hydrogen-bond acceptors (Lipinski definition) is 3. The van der Waals surface area contributed by atoms with E-state index in [1.54, 1.807) is 0 Å². The maximum atomic E-state index is 5.74. The largest absolute Gasteiger partial charge is 0.399 e.